The molecule has 0 saturated carbocycles. The van der Waals surface area contributed by atoms with E-state index in [0.717, 1.165) is 0 Å². The second-order valence-corrected chi connectivity index (χ2v) is 6.95. The van der Waals surface area contributed by atoms with E-state index in [4.69, 9.17) is 20.0 Å². The number of anilines is 1. The molecule has 10 nitrogen and oxygen atoms in total. The zero-order valence-corrected chi connectivity index (χ0v) is 18.3. The molecule has 10 heteroatoms. The van der Waals surface area contributed by atoms with E-state index in [1.807, 2.05) is 12.1 Å². The summed E-state index contributed by atoms with van der Waals surface area (Å²) in [4.78, 5) is 36.8. The minimum absolute atomic E-state index is 0.118. The van der Waals surface area contributed by atoms with Gasteiger partial charge in [-0.1, -0.05) is 12.1 Å². The molecule has 0 aromatic heterocycles. The quantitative estimate of drug-likeness (QED) is 0.428. The highest BCUT2D eigenvalue weighted by atomic mass is 16.5. The van der Waals surface area contributed by atoms with E-state index < -0.39 is 17.7 Å². The number of hydrogen-bond acceptors (Lipinski definition) is 7. The summed E-state index contributed by atoms with van der Waals surface area (Å²) in [6.07, 6.45) is 0. The number of nitrogens with zero attached hydrogens (tertiary/aromatic N) is 2. The largest absolute Gasteiger partial charge is 0.484 e. The van der Waals surface area contributed by atoms with Gasteiger partial charge in [0, 0.05) is 0 Å². The van der Waals surface area contributed by atoms with E-state index in [9.17, 15) is 14.4 Å². The molecule has 3 amide bonds. The van der Waals surface area contributed by atoms with Gasteiger partial charge < -0.3 is 14.8 Å². The Hall–Kier alpha value is -5.35. The van der Waals surface area contributed by atoms with Crippen LogP contribution in [0.3, 0.4) is 0 Å². The molecule has 0 saturated heterocycles. The minimum atomic E-state index is -0.652. The summed E-state index contributed by atoms with van der Waals surface area (Å²) in [6.45, 7) is -0.678. The Kier molecular flexibility index (Phi) is 8.36. The number of nitriles is 2. The van der Waals surface area contributed by atoms with Crippen molar-refractivity contribution in [2.24, 2.45) is 0 Å². The second kappa shape index (κ2) is 12.0. The molecule has 0 aliphatic rings. The van der Waals surface area contributed by atoms with Crippen LogP contribution in [-0.4, -0.2) is 30.9 Å². The van der Waals surface area contributed by atoms with Crippen molar-refractivity contribution in [2.45, 2.75) is 0 Å². The zero-order valence-electron chi connectivity index (χ0n) is 18.3. The molecule has 0 radical (unpaired) electrons. The SMILES string of the molecule is N#Cc1ccc(OCC(=O)NNC(=O)c2ccccc2NC(=O)COc2ccc(C#N)cc2)cc1. The average Bonchev–Trinajstić information content (AvgIpc) is 2.90. The number of hydrazine groups is 1. The molecule has 0 atom stereocenters. The van der Waals surface area contributed by atoms with Crippen LogP contribution in [0.2, 0.25) is 0 Å². The Morgan fingerprint density at radius 2 is 1.20 bits per heavy atom. The smallest absolute Gasteiger partial charge is 0.276 e. The average molecular weight is 469 g/mol. The highest BCUT2D eigenvalue weighted by molar-refractivity contribution is 6.04. The van der Waals surface area contributed by atoms with Gasteiger partial charge in [0.2, 0.25) is 0 Å². The van der Waals surface area contributed by atoms with Crippen molar-refractivity contribution in [2.75, 3.05) is 18.5 Å². The number of hydrogen-bond donors (Lipinski definition) is 3. The lowest BCUT2D eigenvalue weighted by atomic mass is 10.1. The lowest BCUT2D eigenvalue weighted by molar-refractivity contribution is -0.123. The number of carbonyl (C=O) groups excluding carboxylic acids is 3. The molecule has 3 N–H and O–H groups in total. The van der Waals surface area contributed by atoms with Crippen molar-refractivity contribution in [3.63, 3.8) is 0 Å². The second-order valence-electron chi connectivity index (χ2n) is 6.95. The summed E-state index contributed by atoms with van der Waals surface area (Å²) in [7, 11) is 0. The van der Waals surface area contributed by atoms with Crippen LogP contribution in [0.4, 0.5) is 5.69 Å². The summed E-state index contributed by atoms with van der Waals surface area (Å²) in [5, 5.41) is 20.2. The molecule has 0 bridgehead atoms. The number of nitrogens with one attached hydrogen (secondary N) is 3. The molecule has 0 spiro atoms. The molecule has 3 rings (SSSR count). The van der Waals surface area contributed by atoms with Gasteiger partial charge in [0.25, 0.3) is 17.7 Å². The van der Waals surface area contributed by atoms with Gasteiger partial charge in [0.15, 0.2) is 13.2 Å². The van der Waals surface area contributed by atoms with Gasteiger partial charge in [-0.05, 0) is 60.7 Å². The number of amides is 3. The van der Waals surface area contributed by atoms with E-state index in [2.05, 4.69) is 16.2 Å². The molecular weight excluding hydrogens is 450 g/mol. The minimum Gasteiger partial charge on any atom is -0.484 e. The highest BCUT2D eigenvalue weighted by Crippen LogP contribution is 2.16. The van der Waals surface area contributed by atoms with Gasteiger partial charge in [-0.2, -0.15) is 10.5 Å². The number of ether oxygens (including phenoxy) is 2. The molecule has 35 heavy (non-hydrogen) atoms. The summed E-state index contributed by atoms with van der Waals surface area (Å²) in [5.74, 6) is -0.965. The van der Waals surface area contributed by atoms with Gasteiger partial charge in [-0.3, -0.25) is 25.2 Å². The molecular formula is C25H19N5O5. The predicted molar refractivity (Wildman–Crippen MR) is 124 cm³/mol. The van der Waals surface area contributed by atoms with Gasteiger partial charge in [0.05, 0.1) is 34.5 Å². The van der Waals surface area contributed by atoms with E-state index in [1.165, 1.54) is 12.1 Å². The third kappa shape index (κ3) is 7.34. The van der Waals surface area contributed by atoms with Crippen molar-refractivity contribution in [1.82, 2.24) is 10.9 Å². The van der Waals surface area contributed by atoms with Gasteiger partial charge in [-0.25, -0.2) is 0 Å². The Labute approximate surface area is 200 Å². The summed E-state index contributed by atoms with van der Waals surface area (Å²) in [6, 6.07) is 22.7. The Balaban J connectivity index is 1.49. The summed E-state index contributed by atoms with van der Waals surface area (Å²) < 4.78 is 10.7. The van der Waals surface area contributed by atoms with Crippen molar-refractivity contribution in [3.05, 3.63) is 89.5 Å². The van der Waals surface area contributed by atoms with E-state index >= 15 is 0 Å². The van der Waals surface area contributed by atoms with Crippen LogP contribution in [-0.2, 0) is 9.59 Å². The maximum absolute atomic E-state index is 12.5. The number of carbonyl (C=O) groups is 3. The van der Waals surface area contributed by atoms with Gasteiger partial charge >= 0.3 is 0 Å². The Morgan fingerprint density at radius 3 is 1.74 bits per heavy atom. The molecule has 174 valence electrons. The zero-order chi connectivity index (χ0) is 25.0. The third-order valence-electron chi connectivity index (χ3n) is 4.47. The lowest BCUT2D eigenvalue weighted by Gasteiger charge is -2.13. The first kappa shape index (κ1) is 24.3. The van der Waals surface area contributed by atoms with Gasteiger partial charge in [0.1, 0.15) is 11.5 Å². The van der Waals surface area contributed by atoms with Crippen LogP contribution in [0.1, 0.15) is 21.5 Å². The third-order valence-corrected chi connectivity index (χ3v) is 4.47. The van der Waals surface area contributed by atoms with Crippen LogP contribution in [0, 0.1) is 22.7 Å². The van der Waals surface area contributed by atoms with Crippen molar-refractivity contribution < 1.29 is 23.9 Å². The van der Waals surface area contributed by atoms with Crippen LogP contribution < -0.4 is 25.6 Å². The van der Waals surface area contributed by atoms with Crippen molar-refractivity contribution in [1.29, 1.82) is 10.5 Å². The Bertz CT molecular complexity index is 1290. The summed E-state index contributed by atoms with van der Waals surface area (Å²) >= 11 is 0. The molecule has 0 aliphatic carbocycles. The first-order chi connectivity index (χ1) is 17.0. The maximum Gasteiger partial charge on any atom is 0.276 e. The fourth-order valence-electron chi connectivity index (χ4n) is 2.76. The van der Waals surface area contributed by atoms with Crippen molar-refractivity contribution in [3.8, 4) is 23.6 Å². The fraction of sp³-hybridized carbons (Fsp3) is 0.0800. The van der Waals surface area contributed by atoms with Crippen molar-refractivity contribution >= 4 is 23.4 Å². The number of benzene rings is 3. The first-order valence-electron chi connectivity index (χ1n) is 10.2. The van der Waals surface area contributed by atoms with Crippen LogP contribution in [0.5, 0.6) is 11.5 Å². The number of para-hydroxylation sites is 1. The lowest BCUT2D eigenvalue weighted by Crippen LogP contribution is -2.44. The van der Waals surface area contributed by atoms with E-state index in [1.54, 1.807) is 60.7 Å². The molecule has 0 fully saturated rings. The van der Waals surface area contributed by atoms with E-state index in [0.29, 0.717) is 22.6 Å². The first-order valence-corrected chi connectivity index (χ1v) is 10.2. The maximum atomic E-state index is 12.5. The molecule has 0 unspecified atom stereocenters. The Morgan fingerprint density at radius 1 is 0.686 bits per heavy atom. The fourth-order valence-corrected chi connectivity index (χ4v) is 2.76. The molecule has 3 aromatic rings. The molecule has 3 aromatic carbocycles. The molecule has 0 heterocycles. The van der Waals surface area contributed by atoms with E-state index in [-0.39, 0.29) is 24.5 Å². The topological polar surface area (TPSA) is 153 Å². The highest BCUT2D eigenvalue weighted by Gasteiger charge is 2.14. The normalized spacial score (nSPS) is 9.66. The molecule has 0 aliphatic heterocycles. The predicted octanol–water partition coefficient (Wildman–Crippen LogP) is 2.29. The van der Waals surface area contributed by atoms with Gasteiger partial charge in [-0.15, -0.1) is 0 Å². The van der Waals surface area contributed by atoms with Crippen LogP contribution in [0.15, 0.2) is 72.8 Å². The number of rotatable bonds is 8. The van der Waals surface area contributed by atoms with Crippen LogP contribution >= 0.6 is 0 Å². The van der Waals surface area contributed by atoms with Crippen LogP contribution in [0.25, 0.3) is 0 Å². The standard InChI is InChI=1S/C25H19N5O5/c26-13-17-5-9-19(10-6-17)34-15-23(31)28-22-4-2-1-3-21(22)25(33)30-29-24(32)16-35-20-11-7-18(14-27)8-12-20/h1-12H,15-16H2,(H,28,31)(H,29,32)(H,30,33). The summed E-state index contributed by atoms with van der Waals surface area (Å²) in [5.41, 5.74) is 5.77. The monoisotopic (exact) mass is 469 g/mol.